The molecule has 0 aromatic heterocycles. The third kappa shape index (κ3) is 3.90. The van der Waals surface area contributed by atoms with Crippen LogP contribution >= 0.6 is 0 Å². The van der Waals surface area contributed by atoms with Crippen LogP contribution in [0.5, 0.6) is 17.2 Å². The number of phenols is 2. The zero-order valence-corrected chi connectivity index (χ0v) is 11.4. The van der Waals surface area contributed by atoms with Gasteiger partial charge in [0.25, 0.3) is 0 Å². The van der Waals surface area contributed by atoms with E-state index in [0.717, 1.165) is 5.75 Å². The molecular formula is C16H19NO3. The van der Waals surface area contributed by atoms with Gasteiger partial charge < -0.3 is 20.3 Å². The molecule has 0 aliphatic rings. The fourth-order valence-electron chi connectivity index (χ4n) is 1.96. The van der Waals surface area contributed by atoms with Crippen molar-refractivity contribution >= 4 is 0 Å². The highest BCUT2D eigenvalue weighted by Crippen LogP contribution is 2.27. The Kier molecular flexibility index (Phi) is 4.85. The maximum absolute atomic E-state index is 9.76. The van der Waals surface area contributed by atoms with Gasteiger partial charge in [0.2, 0.25) is 0 Å². The van der Waals surface area contributed by atoms with Crippen molar-refractivity contribution in [3.8, 4) is 17.2 Å². The molecule has 0 bridgehead atoms. The number of para-hydroxylation sites is 1. The van der Waals surface area contributed by atoms with E-state index < -0.39 is 0 Å². The summed E-state index contributed by atoms with van der Waals surface area (Å²) in [6.45, 7) is 3.11. The van der Waals surface area contributed by atoms with Gasteiger partial charge in [-0.2, -0.15) is 0 Å². The summed E-state index contributed by atoms with van der Waals surface area (Å²) in [6, 6.07) is 14.1. The van der Waals surface area contributed by atoms with Gasteiger partial charge in [0.1, 0.15) is 23.9 Å². The van der Waals surface area contributed by atoms with Crippen LogP contribution in [0, 0.1) is 0 Å². The third-order valence-electron chi connectivity index (χ3n) is 3.04. The van der Waals surface area contributed by atoms with Gasteiger partial charge in [0.05, 0.1) is 0 Å². The fourth-order valence-corrected chi connectivity index (χ4v) is 1.96. The van der Waals surface area contributed by atoms with Gasteiger partial charge in [-0.1, -0.05) is 18.2 Å². The smallest absolute Gasteiger partial charge is 0.120 e. The average molecular weight is 273 g/mol. The lowest BCUT2D eigenvalue weighted by Crippen LogP contribution is -2.24. The second-order valence-corrected chi connectivity index (χ2v) is 4.58. The lowest BCUT2D eigenvalue weighted by molar-refractivity contribution is 0.306. The van der Waals surface area contributed by atoms with Crippen LogP contribution in [0.25, 0.3) is 0 Å². The Morgan fingerprint density at radius 2 is 1.85 bits per heavy atom. The molecule has 20 heavy (non-hydrogen) atoms. The first-order valence-corrected chi connectivity index (χ1v) is 6.60. The summed E-state index contributed by atoms with van der Waals surface area (Å²) in [5.41, 5.74) is 0.671. The molecule has 1 atom stereocenters. The number of aromatic hydroxyl groups is 2. The van der Waals surface area contributed by atoms with Gasteiger partial charge in [-0.25, -0.2) is 0 Å². The fraction of sp³-hybridized carbons (Fsp3) is 0.250. The molecular weight excluding hydrogens is 254 g/mol. The van der Waals surface area contributed by atoms with Crippen molar-refractivity contribution in [3.63, 3.8) is 0 Å². The first-order chi connectivity index (χ1) is 9.66. The van der Waals surface area contributed by atoms with Crippen LogP contribution in [0.15, 0.2) is 48.5 Å². The van der Waals surface area contributed by atoms with Crippen molar-refractivity contribution in [2.45, 2.75) is 13.0 Å². The van der Waals surface area contributed by atoms with E-state index in [4.69, 9.17) is 4.74 Å². The second-order valence-electron chi connectivity index (χ2n) is 4.58. The molecule has 2 rings (SSSR count). The summed E-state index contributed by atoms with van der Waals surface area (Å²) in [6.07, 6.45) is 0. The van der Waals surface area contributed by atoms with Gasteiger partial charge >= 0.3 is 0 Å². The lowest BCUT2D eigenvalue weighted by Gasteiger charge is -2.16. The molecule has 0 heterocycles. The zero-order valence-electron chi connectivity index (χ0n) is 11.4. The highest BCUT2D eigenvalue weighted by Gasteiger charge is 2.10. The Labute approximate surface area is 118 Å². The topological polar surface area (TPSA) is 61.7 Å². The van der Waals surface area contributed by atoms with Crippen molar-refractivity contribution in [2.75, 3.05) is 13.2 Å². The highest BCUT2D eigenvalue weighted by atomic mass is 16.5. The summed E-state index contributed by atoms with van der Waals surface area (Å²) in [4.78, 5) is 0. The predicted octanol–water partition coefficient (Wildman–Crippen LogP) is 2.83. The average Bonchev–Trinajstić information content (AvgIpc) is 2.47. The van der Waals surface area contributed by atoms with Crippen molar-refractivity contribution < 1.29 is 14.9 Å². The van der Waals surface area contributed by atoms with E-state index in [1.54, 1.807) is 6.07 Å². The van der Waals surface area contributed by atoms with E-state index >= 15 is 0 Å². The van der Waals surface area contributed by atoms with Crippen LogP contribution in [-0.2, 0) is 0 Å². The normalized spacial score (nSPS) is 12.1. The van der Waals surface area contributed by atoms with Gasteiger partial charge in [0.15, 0.2) is 0 Å². The second kappa shape index (κ2) is 6.82. The first-order valence-electron chi connectivity index (χ1n) is 6.60. The van der Waals surface area contributed by atoms with Crippen molar-refractivity contribution in [2.24, 2.45) is 0 Å². The largest absolute Gasteiger partial charge is 0.508 e. The van der Waals surface area contributed by atoms with Crippen molar-refractivity contribution in [1.29, 1.82) is 0 Å². The van der Waals surface area contributed by atoms with Crippen molar-refractivity contribution in [1.82, 2.24) is 5.32 Å². The number of benzene rings is 2. The van der Waals surface area contributed by atoms with E-state index in [-0.39, 0.29) is 17.5 Å². The third-order valence-corrected chi connectivity index (χ3v) is 3.04. The molecule has 0 aliphatic carbocycles. The number of nitrogens with one attached hydrogen (secondary N) is 1. The molecule has 0 fully saturated rings. The van der Waals surface area contributed by atoms with E-state index in [0.29, 0.717) is 18.7 Å². The minimum absolute atomic E-state index is 0.0681. The Morgan fingerprint density at radius 3 is 2.60 bits per heavy atom. The predicted molar refractivity (Wildman–Crippen MR) is 78.1 cm³/mol. The molecule has 3 N–H and O–H groups in total. The van der Waals surface area contributed by atoms with Crippen LogP contribution in [0.2, 0.25) is 0 Å². The Hall–Kier alpha value is -2.20. The van der Waals surface area contributed by atoms with E-state index in [1.807, 2.05) is 37.3 Å². The summed E-state index contributed by atoms with van der Waals surface area (Å²) in [5, 5.41) is 22.4. The van der Waals surface area contributed by atoms with Crippen LogP contribution in [0.4, 0.5) is 0 Å². The number of phenolic OH excluding ortho intramolecular Hbond substituents is 2. The summed E-state index contributed by atoms with van der Waals surface area (Å²) in [7, 11) is 0. The molecule has 0 saturated carbocycles. The van der Waals surface area contributed by atoms with Crippen molar-refractivity contribution in [3.05, 3.63) is 54.1 Å². The standard InChI is InChI=1S/C16H19NO3/c1-12(15-11-13(18)7-8-16(15)19)17-9-10-20-14-5-3-2-4-6-14/h2-8,11-12,17-19H,9-10H2,1H3. The van der Waals surface area contributed by atoms with Crippen LogP contribution in [0.1, 0.15) is 18.5 Å². The molecule has 0 aliphatic heterocycles. The molecule has 1 unspecified atom stereocenters. The molecule has 106 valence electrons. The van der Waals surface area contributed by atoms with E-state index in [2.05, 4.69) is 5.32 Å². The molecule has 0 radical (unpaired) electrons. The molecule has 0 saturated heterocycles. The van der Waals surface area contributed by atoms with Crippen LogP contribution in [0.3, 0.4) is 0 Å². The maximum Gasteiger partial charge on any atom is 0.120 e. The molecule has 0 amide bonds. The minimum Gasteiger partial charge on any atom is -0.508 e. The quantitative estimate of drug-likeness (QED) is 0.559. The SMILES string of the molecule is CC(NCCOc1ccccc1)c1cc(O)ccc1O. The van der Waals surface area contributed by atoms with Gasteiger partial charge in [-0.15, -0.1) is 0 Å². The molecule has 4 nitrogen and oxygen atoms in total. The number of hydrogen-bond acceptors (Lipinski definition) is 4. The molecule has 0 spiro atoms. The summed E-state index contributed by atoms with van der Waals surface area (Å²) in [5.74, 6) is 1.15. The molecule has 2 aromatic rings. The highest BCUT2D eigenvalue weighted by molar-refractivity contribution is 5.40. The number of hydrogen-bond donors (Lipinski definition) is 3. The van der Waals surface area contributed by atoms with E-state index in [9.17, 15) is 10.2 Å². The lowest BCUT2D eigenvalue weighted by atomic mass is 10.1. The maximum atomic E-state index is 9.76. The Balaban J connectivity index is 1.80. The Bertz CT molecular complexity index is 543. The first kappa shape index (κ1) is 14.2. The number of rotatable bonds is 6. The molecule has 2 aromatic carbocycles. The van der Waals surface area contributed by atoms with Crippen LogP contribution < -0.4 is 10.1 Å². The minimum atomic E-state index is -0.0681. The van der Waals surface area contributed by atoms with Gasteiger partial charge in [-0.05, 0) is 37.3 Å². The molecule has 4 heteroatoms. The van der Waals surface area contributed by atoms with E-state index in [1.165, 1.54) is 12.1 Å². The number of ether oxygens (including phenoxy) is 1. The Morgan fingerprint density at radius 1 is 1.10 bits per heavy atom. The van der Waals surface area contributed by atoms with Gasteiger partial charge in [0, 0.05) is 18.2 Å². The van der Waals surface area contributed by atoms with Crippen LogP contribution in [-0.4, -0.2) is 23.4 Å². The monoisotopic (exact) mass is 273 g/mol. The van der Waals surface area contributed by atoms with Gasteiger partial charge in [-0.3, -0.25) is 0 Å². The zero-order chi connectivity index (χ0) is 14.4. The summed E-state index contributed by atoms with van der Waals surface area (Å²) < 4.78 is 5.57. The summed E-state index contributed by atoms with van der Waals surface area (Å²) >= 11 is 0.